The highest BCUT2D eigenvalue weighted by molar-refractivity contribution is 7.20. The van der Waals surface area contributed by atoms with Crippen LogP contribution in [0.15, 0.2) is 0 Å². The molecule has 0 saturated carbocycles. The van der Waals surface area contributed by atoms with Gasteiger partial charge >= 0.3 is 5.97 Å². The summed E-state index contributed by atoms with van der Waals surface area (Å²) >= 11 is 7.25. The zero-order valence-corrected chi connectivity index (χ0v) is 14.6. The number of esters is 1. The van der Waals surface area contributed by atoms with E-state index in [1.807, 2.05) is 21.0 Å². The van der Waals surface area contributed by atoms with Gasteiger partial charge in [-0.15, -0.1) is 11.3 Å². The lowest BCUT2D eigenvalue weighted by molar-refractivity contribution is 0.0605. The highest BCUT2D eigenvalue weighted by Gasteiger charge is 2.20. The SMILES string of the molecule is COC(=O)c1sc2nc(Cl)nc(NCCCN(C)C)c2c1C. The Labute approximate surface area is 138 Å². The van der Waals surface area contributed by atoms with E-state index in [1.54, 1.807) is 0 Å². The Morgan fingerprint density at radius 1 is 1.41 bits per heavy atom. The van der Waals surface area contributed by atoms with E-state index < -0.39 is 0 Å². The monoisotopic (exact) mass is 342 g/mol. The van der Waals surface area contributed by atoms with Crippen molar-refractivity contribution < 1.29 is 9.53 Å². The summed E-state index contributed by atoms with van der Waals surface area (Å²) in [5.74, 6) is 0.299. The largest absolute Gasteiger partial charge is 0.465 e. The third-order valence-electron chi connectivity index (χ3n) is 3.21. The van der Waals surface area contributed by atoms with Crippen LogP contribution in [0, 0.1) is 6.92 Å². The quantitative estimate of drug-likeness (QED) is 0.494. The number of aromatic nitrogens is 2. The molecule has 0 unspecified atom stereocenters. The van der Waals surface area contributed by atoms with Crippen LogP contribution in [0.4, 0.5) is 5.82 Å². The summed E-state index contributed by atoms with van der Waals surface area (Å²) in [6.45, 7) is 3.61. The smallest absolute Gasteiger partial charge is 0.348 e. The minimum absolute atomic E-state index is 0.167. The number of ether oxygens (including phenoxy) is 1. The van der Waals surface area contributed by atoms with E-state index in [1.165, 1.54) is 18.4 Å². The minimum atomic E-state index is -0.366. The van der Waals surface area contributed by atoms with Crippen LogP contribution in [0.5, 0.6) is 0 Å². The van der Waals surface area contributed by atoms with Crippen molar-refractivity contribution >= 4 is 44.9 Å². The molecule has 2 rings (SSSR count). The summed E-state index contributed by atoms with van der Waals surface area (Å²) in [6.07, 6.45) is 0.975. The number of carbonyl (C=O) groups excluding carboxylic acids is 1. The van der Waals surface area contributed by atoms with Gasteiger partial charge < -0.3 is 15.0 Å². The van der Waals surface area contributed by atoms with Gasteiger partial charge in [-0.05, 0) is 51.1 Å². The van der Waals surface area contributed by atoms with Crippen molar-refractivity contribution in [1.82, 2.24) is 14.9 Å². The maximum atomic E-state index is 11.8. The molecule has 1 N–H and O–H groups in total. The molecule has 22 heavy (non-hydrogen) atoms. The van der Waals surface area contributed by atoms with Crippen LogP contribution in [0.3, 0.4) is 0 Å². The summed E-state index contributed by atoms with van der Waals surface area (Å²) in [4.78, 5) is 23.6. The van der Waals surface area contributed by atoms with Crippen molar-refractivity contribution in [2.24, 2.45) is 0 Å². The van der Waals surface area contributed by atoms with Gasteiger partial charge in [0.25, 0.3) is 0 Å². The fourth-order valence-corrected chi connectivity index (χ4v) is 3.45. The number of hydrogen-bond donors (Lipinski definition) is 1. The van der Waals surface area contributed by atoms with Crippen molar-refractivity contribution in [3.05, 3.63) is 15.7 Å². The van der Waals surface area contributed by atoms with Crippen molar-refractivity contribution in [1.29, 1.82) is 0 Å². The van der Waals surface area contributed by atoms with Crippen molar-refractivity contribution in [2.45, 2.75) is 13.3 Å². The van der Waals surface area contributed by atoms with Crippen LogP contribution in [0.2, 0.25) is 5.28 Å². The molecule has 0 aromatic carbocycles. The standard InChI is InChI=1S/C14H19ClN4O2S/c1-8-9-11(16-6-5-7-19(2)3)17-14(15)18-12(9)22-10(8)13(20)21-4/h5-7H2,1-4H3,(H,16,17,18). The number of halogens is 1. The van der Waals surface area contributed by atoms with Crippen LogP contribution in [0.1, 0.15) is 21.7 Å². The molecule has 0 aliphatic rings. The van der Waals surface area contributed by atoms with Crippen molar-refractivity contribution in [3.63, 3.8) is 0 Å². The van der Waals surface area contributed by atoms with Gasteiger partial charge in [0, 0.05) is 6.54 Å². The highest BCUT2D eigenvalue weighted by Crippen LogP contribution is 2.34. The fraction of sp³-hybridized carbons (Fsp3) is 0.500. The molecule has 0 spiro atoms. The molecular weight excluding hydrogens is 324 g/mol. The van der Waals surface area contributed by atoms with Gasteiger partial charge in [-0.1, -0.05) is 0 Å². The number of thiophene rings is 1. The number of methoxy groups -OCH3 is 1. The number of aryl methyl sites for hydroxylation is 1. The molecular formula is C14H19ClN4O2S. The second-order valence-corrected chi connectivity index (χ2v) is 6.49. The number of hydrogen-bond acceptors (Lipinski definition) is 7. The van der Waals surface area contributed by atoms with Crippen LogP contribution in [0.25, 0.3) is 10.2 Å². The molecule has 2 heterocycles. The molecule has 0 aliphatic carbocycles. The summed E-state index contributed by atoms with van der Waals surface area (Å²) < 4.78 is 4.81. The van der Waals surface area contributed by atoms with E-state index in [2.05, 4.69) is 20.2 Å². The Balaban J connectivity index is 2.32. The molecule has 0 aliphatic heterocycles. The number of rotatable bonds is 6. The van der Waals surface area contributed by atoms with Crippen molar-refractivity contribution in [3.8, 4) is 0 Å². The third kappa shape index (κ3) is 3.66. The lowest BCUT2D eigenvalue weighted by Gasteiger charge is -2.11. The van der Waals surface area contributed by atoms with E-state index in [9.17, 15) is 4.79 Å². The van der Waals surface area contributed by atoms with Crippen LogP contribution in [-0.4, -0.2) is 55.1 Å². The zero-order valence-electron chi connectivity index (χ0n) is 13.1. The summed E-state index contributed by atoms with van der Waals surface area (Å²) in [6, 6.07) is 0. The van der Waals surface area contributed by atoms with Gasteiger partial charge in [0.2, 0.25) is 5.28 Å². The Morgan fingerprint density at radius 3 is 2.77 bits per heavy atom. The number of nitrogens with one attached hydrogen (secondary N) is 1. The Kier molecular flexibility index (Phi) is 5.55. The Morgan fingerprint density at radius 2 is 2.14 bits per heavy atom. The fourth-order valence-electron chi connectivity index (χ4n) is 2.13. The first-order valence-corrected chi connectivity index (χ1v) is 8.07. The topological polar surface area (TPSA) is 67.3 Å². The van der Waals surface area contributed by atoms with Crippen molar-refractivity contribution in [2.75, 3.05) is 39.6 Å². The Bertz CT molecular complexity index is 687. The molecule has 120 valence electrons. The van der Waals surface area contributed by atoms with Crippen LogP contribution < -0.4 is 5.32 Å². The molecule has 0 amide bonds. The van der Waals surface area contributed by atoms with E-state index >= 15 is 0 Å². The first-order valence-electron chi connectivity index (χ1n) is 6.87. The van der Waals surface area contributed by atoms with E-state index in [4.69, 9.17) is 16.3 Å². The lowest BCUT2D eigenvalue weighted by atomic mass is 10.2. The van der Waals surface area contributed by atoms with Gasteiger partial charge in [0.05, 0.1) is 12.5 Å². The summed E-state index contributed by atoms with van der Waals surface area (Å²) in [5, 5.41) is 4.29. The van der Waals surface area contributed by atoms with Gasteiger partial charge in [-0.2, -0.15) is 0 Å². The van der Waals surface area contributed by atoms with Gasteiger partial charge in [-0.25, -0.2) is 14.8 Å². The van der Waals surface area contributed by atoms with E-state index in [0.29, 0.717) is 15.5 Å². The normalized spacial score (nSPS) is 11.2. The molecule has 8 heteroatoms. The summed E-state index contributed by atoms with van der Waals surface area (Å²) in [7, 11) is 5.43. The number of fused-ring (bicyclic) bond motifs is 1. The molecule has 0 radical (unpaired) electrons. The highest BCUT2D eigenvalue weighted by atomic mass is 35.5. The van der Waals surface area contributed by atoms with Gasteiger partial charge in [0.15, 0.2) is 0 Å². The van der Waals surface area contributed by atoms with E-state index in [0.717, 1.165) is 30.5 Å². The molecule has 2 aromatic rings. The summed E-state index contributed by atoms with van der Waals surface area (Å²) in [5.41, 5.74) is 0.818. The molecule has 0 fully saturated rings. The third-order valence-corrected chi connectivity index (χ3v) is 4.54. The van der Waals surface area contributed by atoms with Gasteiger partial charge in [-0.3, -0.25) is 0 Å². The van der Waals surface area contributed by atoms with Crippen LogP contribution >= 0.6 is 22.9 Å². The van der Waals surface area contributed by atoms with Gasteiger partial charge in [0.1, 0.15) is 15.5 Å². The average molecular weight is 343 g/mol. The molecule has 2 aromatic heterocycles. The van der Waals surface area contributed by atoms with E-state index in [-0.39, 0.29) is 11.3 Å². The number of carbonyl (C=O) groups is 1. The zero-order chi connectivity index (χ0) is 16.3. The first kappa shape index (κ1) is 16.9. The lowest BCUT2D eigenvalue weighted by Crippen LogP contribution is -2.16. The second kappa shape index (κ2) is 7.21. The number of anilines is 1. The average Bonchev–Trinajstić information content (AvgIpc) is 2.79. The predicted molar refractivity (Wildman–Crippen MR) is 90.2 cm³/mol. The van der Waals surface area contributed by atoms with Crippen LogP contribution in [-0.2, 0) is 4.74 Å². The maximum Gasteiger partial charge on any atom is 0.348 e. The molecule has 0 atom stereocenters. The first-order chi connectivity index (χ1) is 10.4. The minimum Gasteiger partial charge on any atom is -0.465 e. The predicted octanol–water partition coefficient (Wildman–Crippen LogP) is 2.80. The maximum absolute atomic E-state index is 11.8. The molecule has 0 bridgehead atoms. The molecule has 6 nitrogen and oxygen atoms in total. The number of nitrogens with zero attached hydrogens (tertiary/aromatic N) is 3. The molecule has 0 saturated heterocycles. The Hall–Kier alpha value is -1.44. The second-order valence-electron chi connectivity index (χ2n) is 5.15.